The highest BCUT2D eigenvalue weighted by Crippen LogP contribution is 2.32. The minimum Gasteiger partial charge on any atom is -0.444 e. The SMILES string of the molecule is CN(Cc1cc(-c2c(-c3ccc(Cl)cc3)ncn2CC(=O)N2CCN(C(=O)OC(C)(C)C)CC2)ccn1)C(=O)OC(C)(C)C. The van der Waals surface area contributed by atoms with Crippen molar-refractivity contribution in [2.75, 3.05) is 33.2 Å². The van der Waals surface area contributed by atoms with Crippen molar-refractivity contribution in [2.24, 2.45) is 0 Å². The molecule has 3 amide bonds. The van der Waals surface area contributed by atoms with Crippen LogP contribution in [0.3, 0.4) is 0 Å². The van der Waals surface area contributed by atoms with Crippen molar-refractivity contribution >= 4 is 29.7 Å². The third kappa shape index (κ3) is 8.72. The molecule has 1 fully saturated rings. The summed E-state index contributed by atoms with van der Waals surface area (Å²) in [5.74, 6) is -0.0888. The number of benzene rings is 1. The molecule has 1 aliphatic rings. The van der Waals surface area contributed by atoms with Gasteiger partial charge in [0.2, 0.25) is 5.91 Å². The molecule has 0 spiro atoms. The number of amides is 3. The predicted molar refractivity (Wildman–Crippen MR) is 168 cm³/mol. The van der Waals surface area contributed by atoms with E-state index >= 15 is 0 Å². The molecule has 0 saturated carbocycles. The van der Waals surface area contributed by atoms with Gasteiger partial charge in [0.1, 0.15) is 17.7 Å². The first-order valence-electron chi connectivity index (χ1n) is 14.6. The summed E-state index contributed by atoms with van der Waals surface area (Å²) in [6.07, 6.45) is 2.50. The number of carbonyl (C=O) groups is 3. The van der Waals surface area contributed by atoms with E-state index in [1.165, 1.54) is 4.90 Å². The molecule has 11 nitrogen and oxygen atoms in total. The van der Waals surface area contributed by atoms with Crippen LogP contribution >= 0.6 is 11.6 Å². The maximum atomic E-state index is 13.5. The van der Waals surface area contributed by atoms with Gasteiger partial charge in [-0.05, 0) is 65.8 Å². The molecule has 44 heavy (non-hydrogen) atoms. The molecule has 236 valence electrons. The molecule has 3 heterocycles. The van der Waals surface area contributed by atoms with E-state index in [1.807, 2.05) is 70.4 Å². The number of hydrogen-bond acceptors (Lipinski definition) is 7. The molecule has 1 saturated heterocycles. The maximum Gasteiger partial charge on any atom is 0.410 e. The Labute approximate surface area is 263 Å². The van der Waals surface area contributed by atoms with Gasteiger partial charge in [0, 0.05) is 55.6 Å². The van der Waals surface area contributed by atoms with E-state index in [2.05, 4.69) is 4.98 Å². The van der Waals surface area contributed by atoms with E-state index in [0.29, 0.717) is 42.6 Å². The molecule has 1 aliphatic heterocycles. The second-order valence-corrected chi connectivity index (χ2v) is 13.2. The van der Waals surface area contributed by atoms with Gasteiger partial charge in [-0.15, -0.1) is 0 Å². The predicted octanol–water partition coefficient (Wildman–Crippen LogP) is 5.71. The highest BCUT2D eigenvalue weighted by molar-refractivity contribution is 6.30. The molecule has 0 N–H and O–H groups in total. The average molecular weight is 625 g/mol. The topological polar surface area (TPSA) is 110 Å². The Morgan fingerprint density at radius 1 is 0.864 bits per heavy atom. The molecule has 0 atom stereocenters. The second-order valence-electron chi connectivity index (χ2n) is 12.8. The summed E-state index contributed by atoms with van der Waals surface area (Å²) in [5.41, 5.74) is 2.49. The third-order valence-corrected chi connectivity index (χ3v) is 6.99. The fourth-order valence-corrected chi connectivity index (χ4v) is 4.82. The number of carbonyl (C=O) groups excluding carboxylic acids is 3. The number of rotatable bonds is 6. The number of hydrogen-bond donors (Lipinski definition) is 0. The summed E-state index contributed by atoms with van der Waals surface area (Å²) >= 11 is 6.15. The summed E-state index contributed by atoms with van der Waals surface area (Å²) in [5, 5.41) is 0.604. The average Bonchev–Trinajstić information content (AvgIpc) is 3.35. The Bertz CT molecular complexity index is 1480. The van der Waals surface area contributed by atoms with Gasteiger partial charge in [-0.3, -0.25) is 9.78 Å². The van der Waals surface area contributed by atoms with Crippen molar-refractivity contribution in [1.29, 1.82) is 0 Å². The summed E-state index contributed by atoms with van der Waals surface area (Å²) in [6, 6.07) is 11.1. The maximum absolute atomic E-state index is 13.5. The van der Waals surface area contributed by atoms with E-state index in [4.69, 9.17) is 26.1 Å². The zero-order chi connectivity index (χ0) is 32.2. The molecular weight excluding hydrogens is 584 g/mol. The van der Waals surface area contributed by atoms with E-state index in [0.717, 1.165) is 16.8 Å². The van der Waals surface area contributed by atoms with Crippen molar-refractivity contribution in [1.82, 2.24) is 29.2 Å². The summed E-state index contributed by atoms with van der Waals surface area (Å²) < 4.78 is 12.8. The Hall–Kier alpha value is -4.12. The lowest BCUT2D eigenvalue weighted by Crippen LogP contribution is -2.52. The van der Waals surface area contributed by atoms with Crippen molar-refractivity contribution < 1.29 is 23.9 Å². The molecule has 1 aromatic carbocycles. The molecule has 0 aliphatic carbocycles. The van der Waals surface area contributed by atoms with E-state index in [9.17, 15) is 14.4 Å². The van der Waals surface area contributed by atoms with Gasteiger partial charge in [0.25, 0.3) is 0 Å². The van der Waals surface area contributed by atoms with E-state index in [1.54, 1.807) is 41.5 Å². The highest BCUT2D eigenvalue weighted by atomic mass is 35.5. The number of aromatic nitrogens is 3. The van der Waals surface area contributed by atoms with Crippen LogP contribution in [0.25, 0.3) is 22.5 Å². The number of nitrogens with zero attached hydrogens (tertiary/aromatic N) is 6. The van der Waals surface area contributed by atoms with E-state index in [-0.39, 0.29) is 25.1 Å². The molecule has 4 rings (SSSR count). The minimum atomic E-state index is -0.616. The van der Waals surface area contributed by atoms with Gasteiger partial charge < -0.3 is 28.7 Å². The zero-order valence-electron chi connectivity index (χ0n) is 26.5. The lowest BCUT2D eigenvalue weighted by Gasteiger charge is -2.35. The number of ether oxygens (including phenoxy) is 2. The van der Waals surface area contributed by atoms with Gasteiger partial charge in [0.05, 0.1) is 30.0 Å². The van der Waals surface area contributed by atoms with Crippen LogP contribution in [0.1, 0.15) is 47.2 Å². The van der Waals surface area contributed by atoms with Gasteiger partial charge in [-0.2, -0.15) is 0 Å². The Kier molecular flexibility index (Phi) is 9.88. The van der Waals surface area contributed by atoms with Crippen LogP contribution in [-0.4, -0.2) is 91.8 Å². The first kappa shape index (κ1) is 32.8. The summed E-state index contributed by atoms with van der Waals surface area (Å²) in [7, 11) is 1.66. The van der Waals surface area contributed by atoms with Gasteiger partial charge in [0.15, 0.2) is 0 Å². The van der Waals surface area contributed by atoms with Gasteiger partial charge in [-0.1, -0.05) is 23.7 Å². The number of piperazine rings is 1. The Morgan fingerprint density at radius 3 is 2.09 bits per heavy atom. The van der Waals surface area contributed by atoms with Crippen LogP contribution in [-0.2, 0) is 27.4 Å². The lowest BCUT2D eigenvalue weighted by atomic mass is 10.0. The largest absolute Gasteiger partial charge is 0.444 e. The zero-order valence-corrected chi connectivity index (χ0v) is 27.2. The van der Waals surface area contributed by atoms with Crippen molar-refractivity contribution in [3.63, 3.8) is 0 Å². The molecular formula is C32H41ClN6O5. The van der Waals surface area contributed by atoms with Crippen LogP contribution < -0.4 is 0 Å². The Balaban J connectivity index is 1.57. The standard InChI is InChI=1S/C32H41ClN6O5/c1-31(2,3)43-29(41)36(7)19-25-18-23(12-13-34-25)28-27(22-8-10-24(33)11-9-22)35-21-39(28)20-26(40)37-14-16-38(17-15-37)30(42)44-32(4,5)6/h8-13,18,21H,14-17,19-20H2,1-7H3. The van der Waals surface area contributed by atoms with Crippen LogP contribution in [0.15, 0.2) is 48.9 Å². The van der Waals surface area contributed by atoms with Gasteiger partial charge >= 0.3 is 12.2 Å². The van der Waals surface area contributed by atoms with Crippen LogP contribution in [0, 0.1) is 0 Å². The quantitative estimate of drug-likeness (QED) is 0.345. The van der Waals surface area contributed by atoms with Crippen LogP contribution in [0.5, 0.6) is 0 Å². The molecule has 3 aromatic rings. The molecule has 12 heteroatoms. The number of imidazole rings is 1. The first-order valence-corrected chi connectivity index (χ1v) is 14.9. The number of pyridine rings is 1. The summed E-state index contributed by atoms with van der Waals surface area (Å²) in [6.45, 7) is 12.8. The van der Waals surface area contributed by atoms with Gasteiger partial charge in [-0.25, -0.2) is 14.6 Å². The van der Waals surface area contributed by atoms with E-state index < -0.39 is 17.3 Å². The monoisotopic (exact) mass is 624 g/mol. The first-order chi connectivity index (χ1) is 20.6. The van der Waals surface area contributed by atoms with Crippen molar-refractivity contribution in [3.05, 3.63) is 59.6 Å². The molecule has 0 unspecified atom stereocenters. The van der Waals surface area contributed by atoms with Crippen molar-refractivity contribution in [2.45, 2.75) is 65.8 Å². The molecule has 0 bridgehead atoms. The minimum absolute atomic E-state index is 0.0534. The smallest absolute Gasteiger partial charge is 0.410 e. The van der Waals surface area contributed by atoms with Crippen molar-refractivity contribution in [3.8, 4) is 22.5 Å². The third-order valence-electron chi connectivity index (χ3n) is 6.74. The molecule has 2 aromatic heterocycles. The number of halogens is 1. The lowest BCUT2D eigenvalue weighted by molar-refractivity contribution is -0.133. The normalized spacial score (nSPS) is 13.9. The molecule has 0 radical (unpaired) electrons. The highest BCUT2D eigenvalue weighted by Gasteiger charge is 2.28. The fourth-order valence-electron chi connectivity index (χ4n) is 4.69. The Morgan fingerprint density at radius 2 is 1.48 bits per heavy atom. The van der Waals surface area contributed by atoms with Crippen LogP contribution in [0.2, 0.25) is 5.02 Å². The second kappa shape index (κ2) is 13.3. The summed E-state index contributed by atoms with van der Waals surface area (Å²) in [4.78, 5) is 52.6. The van der Waals surface area contributed by atoms with Crippen LogP contribution in [0.4, 0.5) is 9.59 Å². The fraction of sp³-hybridized carbons (Fsp3) is 0.469.